The number of carboxylic acids is 2. The first-order valence-corrected chi connectivity index (χ1v) is 12.8. The molecule has 3 N–H and O–H groups in total. The SMILES string of the molecule is COc1cc(O)ccc1C1C2=CCC3C(=O)N(CCC(=O)O)C(=O)C3C2CC2C(=O)N(CCC(=O)O)C(=O)C21. The quantitative estimate of drug-likeness (QED) is 0.318. The second-order valence-electron chi connectivity index (χ2n) is 10.4. The number of carbonyl (C=O) groups excluding carboxylic acids is 4. The summed E-state index contributed by atoms with van der Waals surface area (Å²) < 4.78 is 5.51. The Morgan fingerprint density at radius 1 is 0.872 bits per heavy atom. The molecule has 1 aromatic rings. The third-order valence-corrected chi connectivity index (χ3v) is 8.48. The zero-order chi connectivity index (χ0) is 28.2. The van der Waals surface area contributed by atoms with Gasteiger partial charge in [-0.25, -0.2) is 0 Å². The molecule has 6 atom stereocenters. The molecule has 0 spiro atoms. The number of hydrogen-bond donors (Lipinski definition) is 3. The van der Waals surface area contributed by atoms with Crippen LogP contribution >= 0.6 is 0 Å². The van der Waals surface area contributed by atoms with Gasteiger partial charge >= 0.3 is 11.9 Å². The summed E-state index contributed by atoms with van der Waals surface area (Å²) in [4.78, 5) is 78.0. The summed E-state index contributed by atoms with van der Waals surface area (Å²) in [7, 11) is 1.40. The fourth-order valence-corrected chi connectivity index (χ4v) is 6.88. The summed E-state index contributed by atoms with van der Waals surface area (Å²) in [6.45, 7) is -0.528. The predicted molar refractivity (Wildman–Crippen MR) is 130 cm³/mol. The molecule has 0 bridgehead atoms. The number of phenolic OH excluding ortho intramolecular Hbond substituents is 1. The van der Waals surface area contributed by atoms with Crippen molar-refractivity contribution < 1.29 is 48.8 Å². The van der Waals surface area contributed by atoms with Gasteiger partial charge in [0.25, 0.3) is 0 Å². The van der Waals surface area contributed by atoms with E-state index in [9.17, 15) is 33.9 Å². The zero-order valence-electron chi connectivity index (χ0n) is 21.1. The number of fused-ring (bicyclic) bond motifs is 4. The van der Waals surface area contributed by atoms with Gasteiger partial charge in [0.05, 0.1) is 43.6 Å². The Bertz CT molecular complexity index is 1320. The van der Waals surface area contributed by atoms with Gasteiger partial charge in [0, 0.05) is 30.6 Å². The number of phenols is 1. The summed E-state index contributed by atoms with van der Waals surface area (Å²) in [5.74, 6) is -8.57. The second-order valence-corrected chi connectivity index (χ2v) is 10.4. The molecule has 6 unspecified atom stereocenters. The van der Waals surface area contributed by atoms with Gasteiger partial charge in [0.15, 0.2) is 0 Å². The lowest BCUT2D eigenvalue weighted by atomic mass is 9.57. The van der Waals surface area contributed by atoms with Crippen molar-refractivity contribution in [1.82, 2.24) is 9.80 Å². The number of likely N-dealkylation sites (tertiary alicyclic amines) is 2. The van der Waals surface area contributed by atoms with Crippen LogP contribution in [0.1, 0.15) is 37.2 Å². The van der Waals surface area contributed by atoms with Crippen LogP contribution in [0.3, 0.4) is 0 Å². The van der Waals surface area contributed by atoms with Crippen molar-refractivity contribution in [3.05, 3.63) is 35.4 Å². The number of aromatic hydroxyl groups is 1. The Balaban J connectivity index is 1.59. The minimum absolute atomic E-state index is 0.0697. The fraction of sp³-hybridized carbons (Fsp3) is 0.481. The second kappa shape index (κ2) is 9.83. The van der Waals surface area contributed by atoms with Crippen LogP contribution in [-0.4, -0.2) is 80.9 Å². The molecule has 39 heavy (non-hydrogen) atoms. The van der Waals surface area contributed by atoms with Gasteiger partial charge in [-0.3, -0.25) is 38.6 Å². The first kappa shape index (κ1) is 26.4. The first-order valence-electron chi connectivity index (χ1n) is 12.8. The molecule has 2 aliphatic heterocycles. The fourth-order valence-electron chi connectivity index (χ4n) is 6.88. The van der Waals surface area contributed by atoms with E-state index >= 15 is 0 Å². The van der Waals surface area contributed by atoms with Gasteiger partial charge in [-0.15, -0.1) is 0 Å². The number of carboxylic acid groups (broad SMARTS) is 2. The number of nitrogens with zero attached hydrogens (tertiary/aromatic N) is 2. The molecule has 2 aliphatic carbocycles. The van der Waals surface area contributed by atoms with Gasteiger partial charge in [-0.05, 0) is 24.8 Å². The monoisotopic (exact) mass is 540 g/mol. The molecular weight excluding hydrogens is 512 g/mol. The van der Waals surface area contributed by atoms with Gasteiger partial charge in [-0.1, -0.05) is 17.7 Å². The minimum atomic E-state index is -1.15. The summed E-state index contributed by atoms with van der Waals surface area (Å²) in [5, 5.41) is 28.3. The van der Waals surface area contributed by atoms with Crippen LogP contribution in [0, 0.1) is 29.6 Å². The molecule has 2 heterocycles. The highest BCUT2D eigenvalue weighted by molar-refractivity contribution is 6.08. The maximum Gasteiger partial charge on any atom is 0.305 e. The topological polar surface area (TPSA) is 179 Å². The van der Waals surface area contributed by atoms with Gasteiger partial charge in [0.1, 0.15) is 11.5 Å². The highest BCUT2D eigenvalue weighted by atomic mass is 16.5. The Kier molecular flexibility index (Phi) is 6.65. The van der Waals surface area contributed by atoms with E-state index in [0.717, 1.165) is 9.80 Å². The Hall–Kier alpha value is -4.22. The average molecular weight is 541 g/mol. The van der Waals surface area contributed by atoms with Gasteiger partial charge in [-0.2, -0.15) is 0 Å². The normalized spacial score (nSPS) is 29.6. The van der Waals surface area contributed by atoms with Crippen molar-refractivity contribution in [2.75, 3.05) is 20.2 Å². The number of aliphatic carboxylic acids is 2. The number of rotatable bonds is 8. The summed E-state index contributed by atoms with van der Waals surface area (Å²) >= 11 is 0. The van der Waals surface area contributed by atoms with E-state index in [1.165, 1.54) is 19.2 Å². The van der Waals surface area contributed by atoms with Crippen LogP contribution in [0.25, 0.3) is 0 Å². The van der Waals surface area contributed by atoms with Crippen LogP contribution in [0.2, 0.25) is 0 Å². The van der Waals surface area contributed by atoms with Crippen molar-refractivity contribution >= 4 is 35.6 Å². The van der Waals surface area contributed by atoms with Crippen LogP contribution in [0.5, 0.6) is 11.5 Å². The number of allylic oxidation sites excluding steroid dienone is 2. The smallest absolute Gasteiger partial charge is 0.305 e. The van der Waals surface area contributed by atoms with Crippen molar-refractivity contribution in [1.29, 1.82) is 0 Å². The van der Waals surface area contributed by atoms with E-state index in [2.05, 4.69) is 0 Å². The lowest BCUT2D eigenvalue weighted by molar-refractivity contribution is -0.145. The molecule has 1 saturated carbocycles. The van der Waals surface area contributed by atoms with Gasteiger partial charge in [0.2, 0.25) is 23.6 Å². The van der Waals surface area contributed by atoms with Crippen LogP contribution in [-0.2, 0) is 28.8 Å². The van der Waals surface area contributed by atoms with Crippen molar-refractivity contribution in [3.8, 4) is 11.5 Å². The van der Waals surface area contributed by atoms with Crippen molar-refractivity contribution in [2.24, 2.45) is 29.6 Å². The lowest BCUT2D eigenvalue weighted by Crippen LogP contribution is -2.43. The molecule has 0 radical (unpaired) electrons. The van der Waals surface area contributed by atoms with E-state index in [-0.39, 0.29) is 43.9 Å². The largest absolute Gasteiger partial charge is 0.508 e. The van der Waals surface area contributed by atoms with Crippen molar-refractivity contribution in [2.45, 2.75) is 31.6 Å². The lowest BCUT2D eigenvalue weighted by Gasteiger charge is -2.44. The number of amides is 4. The van der Waals surface area contributed by atoms with E-state index in [1.807, 2.05) is 6.08 Å². The average Bonchev–Trinajstić information content (AvgIpc) is 3.28. The Morgan fingerprint density at radius 2 is 1.46 bits per heavy atom. The molecule has 1 aromatic carbocycles. The van der Waals surface area contributed by atoms with Crippen LogP contribution < -0.4 is 4.74 Å². The maximum absolute atomic E-state index is 13.6. The molecule has 206 valence electrons. The molecule has 4 aliphatic rings. The standard InChI is InChI=1S/C27H28N2O10/c1-39-18-10-12(30)2-3-14(18)21-13-4-5-15-22(26(37)28(24(15)35)8-6-19(31)32)16(13)11-17-23(21)27(38)29(25(17)36)9-7-20(33)34/h2-4,10,15-17,21-23,30H,5-9,11H2,1H3,(H,31,32)(H,33,34). The summed E-state index contributed by atoms with van der Waals surface area (Å²) in [5.41, 5.74) is 1.24. The highest BCUT2D eigenvalue weighted by Crippen LogP contribution is 2.59. The first-order chi connectivity index (χ1) is 18.5. The number of ether oxygens (including phenoxy) is 1. The Morgan fingerprint density at radius 3 is 2.05 bits per heavy atom. The Labute approximate surface area is 222 Å². The van der Waals surface area contributed by atoms with Crippen LogP contribution in [0.15, 0.2) is 29.8 Å². The van der Waals surface area contributed by atoms with Gasteiger partial charge < -0.3 is 20.1 Å². The maximum atomic E-state index is 13.6. The van der Waals surface area contributed by atoms with E-state index in [0.29, 0.717) is 11.1 Å². The molecule has 12 nitrogen and oxygen atoms in total. The number of carbonyl (C=O) groups is 6. The third kappa shape index (κ3) is 4.23. The molecular formula is C27H28N2O10. The number of benzene rings is 1. The number of methoxy groups -OCH3 is 1. The van der Waals surface area contributed by atoms with E-state index in [4.69, 9.17) is 14.9 Å². The summed E-state index contributed by atoms with van der Waals surface area (Å²) in [6, 6.07) is 4.43. The summed E-state index contributed by atoms with van der Waals surface area (Å²) in [6.07, 6.45) is 1.37. The predicted octanol–water partition coefficient (Wildman–Crippen LogP) is 0.986. The van der Waals surface area contributed by atoms with E-state index < -0.39 is 77.5 Å². The van der Waals surface area contributed by atoms with Crippen molar-refractivity contribution in [3.63, 3.8) is 0 Å². The number of imide groups is 2. The van der Waals surface area contributed by atoms with E-state index in [1.54, 1.807) is 6.07 Å². The minimum Gasteiger partial charge on any atom is -0.508 e. The van der Waals surface area contributed by atoms with Crippen LogP contribution in [0.4, 0.5) is 0 Å². The molecule has 2 saturated heterocycles. The molecule has 4 amide bonds. The molecule has 12 heteroatoms. The third-order valence-electron chi connectivity index (χ3n) is 8.48. The number of hydrogen-bond acceptors (Lipinski definition) is 8. The zero-order valence-corrected chi connectivity index (χ0v) is 21.1. The molecule has 5 rings (SSSR count). The molecule has 0 aromatic heterocycles. The molecule has 3 fully saturated rings. The highest BCUT2D eigenvalue weighted by Gasteiger charge is 2.62.